The molecule has 0 saturated heterocycles. The van der Waals surface area contributed by atoms with Crippen LogP contribution in [0.4, 0.5) is 0 Å². The largest absolute Gasteiger partial charge is 0.508 e. The molecule has 0 amide bonds. The second-order valence-corrected chi connectivity index (χ2v) is 2.66. The molecule has 70 valence electrons. The van der Waals surface area contributed by atoms with Crippen molar-refractivity contribution in [1.29, 1.82) is 0 Å². The van der Waals surface area contributed by atoms with Crippen molar-refractivity contribution in [2.75, 3.05) is 6.54 Å². The van der Waals surface area contributed by atoms with E-state index in [1.54, 1.807) is 24.3 Å². The summed E-state index contributed by atoms with van der Waals surface area (Å²) in [5, 5.41) is 20.0. The van der Waals surface area contributed by atoms with Crippen molar-refractivity contribution in [2.24, 2.45) is 0 Å². The smallest absolute Gasteiger partial charge is 0.317 e. The number of carboxylic acids is 1. The molecule has 4 nitrogen and oxygen atoms in total. The van der Waals surface area contributed by atoms with Crippen LogP contribution in [0.15, 0.2) is 24.3 Å². The van der Waals surface area contributed by atoms with E-state index in [0.717, 1.165) is 5.56 Å². The Morgan fingerprint density at radius 3 is 2.46 bits per heavy atom. The number of nitrogens with one attached hydrogen (secondary N) is 1. The highest BCUT2D eigenvalue weighted by Gasteiger charge is 1.96. The summed E-state index contributed by atoms with van der Waals surface area (Å²) in [6, 6.07) is 6.62. The summed E-state index contributed by atoms with van der Waals surface area (Å²) in [7, 11) is 0. The van der Waals surface area contributed by atoms with Gasteiger partial charge < -0.3 is 15.5 Å². The van der Waals surface area contributed by atoms with Crippen LogP contribution in [0.5, 0.6) is 5.75 Å². The fourth-order valence-electron chi connectivity index (χ4n) is 0.928. The summed E-state index contributed by atoms with van der Waals surface area (Å²) in [4.78, 5) is 10.1. The second-order valence-electron chi connectivity index (χ2n) is 2.66. The van der Waals surface area contributed by atoms with Crippen molar-refractivity contribution >= 4 is 5.97 Å². The highest BCUT2D eigenvalue weighted by Crippen LogP contribution is 2.08. The van der Waals surface area contributed by atoms with E-state index in [9.17, 15) is 4.79 Å². The number of carbonyl (C=O) groups is 1. The Balaban J connectivity index is 2.37. The SMILES string of the molecule is O=C(O)CNCc1ccc(O)cc1. The van der Waals surface area contributed by atoms with Crippen LogP contribution in [-0.2, 0) is 11.3 Å². The fraction of sp³-hybridized carbons (Fsp3) is 0.222. The van der Waals surface area contributed by atoms with Crippen molar-refractivity contribution in [2.45, 2.75) is 6.54 Å². The Kier molecular flexibility index (Phi) is 3.28. The molecule has 0 radical (unpaired) electrons. The zero-order chi connectivity index (χ0) is 9.68. The molecule has 4 heteroatoms. The van der Waals surface area contributed by atoms with Crippen LogP contribution in [0.2, 0.25) is 0 Å². The van der Waals surface area contributed by atoms with Crippen LogP contribution in [0.1, 0.15) is 5.56 Å². The van der Waals surface area contributed by atoms with Gasteiger partial charge in [0.1, 0.15) is 5.75 Å². The molecule has 0 bridgehead atoms. The number of aromatic hydroxyl groups is 1. The minimum atomic E-state index is -0.876. The minimum absolute atomic E-state index is 0.0547. The van der Waals surface area contributed by atoms with E-state index in [-0.39, 0.29) is 12.3 Å². The summed E-state index contributed by atoms with van der Waals surface area (Å²) in [6.45, 7) is 0.438. The van der Waals surface area contributed by atoms with Gasteiger partial charge >= 0.3 is 5.97 Å². The molecule has 0 spiro atoms. The molecule has 0 saturated carbocycles. The number of aliphatic carboxylic acids is 1. The third kappa shape index (κ3) is 3.57. The average molecular weight is 181 g/mol. The first-order valence-corrected chi connectivity index (χ1v) is 3.89. The van der Waals surface area contributed by atoms with Gasteiger partial charge in [-0.15, -0.1) is 0 Å². The molecular formula is C9H11NO3. The average Bonchev–Trinajstić information content (AvgIpc) is 2.08. The Morgan fingerprint density at radius 2 is 1.92 bits per heavy atom. The number of phenolic OH excluding ortho intramolecular Hbond substituents is 1. The van der Waals surface area contributed by atoms with Crippen LogP contribution in [0, 0.1) is 0 Å². The lowest BCUT2D eigenvalue weighted by Gasteiger charge is -2.01. The highest BCUT2D eigenvalue weighted by molar-refractivity contribution is 5.68. The van der Waals surface area contributed by atoms with Gasteiger partial charge in [0.05, 0.1) is 6.54 Å². The van der Waals surface area contributed by atoms with Gasteiger partial charge in [-0.25, -0.2) is 0 Å². The molecule has 0 atom stereocenters. The van der Waals surface area contributed by atoms with E-state index >= 15 is 0 Å². The van der Waals surface area contributed by atoms with Gasteiger partial charge in [-0.3, -0.25) is 4.79 Å². The lowest BCUT2D eigenvalue weighted by molar-refractivity contribution is -0.135. The Labute approximate surface area is 75.8 Å². The molecule has 3 N–H and O–H groups in total. The summed E-state index contributed by atoms with van der Waals surface area (Å²) in [6.07, 6.45) is 0. The van der Waals surface area contributed by atoms with Gasteiger partial charge in [-0.1, -0.05) is 12.1 Å². The highest BCUT2D eigenvalue weighted by atomic mass is 16.4. The van der Waals surface area contributed by atoms with E-state index in [4.69, 9.17) is 10.2 Å². The van der Waals surface area contributed by atoms with Crippen LogP contribution in [0.25, 0.3) is 0 Å². The number of phenols is 1. The van der Waals surface area contributed by atoms with E-state index in [1.165, 1.54) is 0 Å². The monoisotopic (exact) mass is 181 g/mol. The lowest BCUT2D eigenvalue weighted by atomic mass is 10.2. The molecule has 0 aromatic heterocycles. The first-order chi connectivity index (χ1) is 6.18. The zero-order valence-electron chi connectivity index (χ0n) is 7.03. The van der Waals surface area contributed by atoms with Gasteiger partial charge in [-0.05, 0) is 17.7 Å². The zero-order valence-corrected chi connectivity index (χ0v) is 7.03. The van der Waals surface area contributed by atoms with Gasteiger partial charge in [-0.2, -0.15) is 0 Å². The molecule has 0 aliphatic rings. The molecule has 0 aliphatic carbocycles. The maximum Gasteiger partial charge on any atom is 0.317 e. The topological polar surface area (TPSA) is 69.6 Å². The van der Waals surface area contributed by atoms with Crippen LogP contribution < -0.4 is 5.32 Å². The van der Waals surface area contributed by atoms with E-state index in [1.807, 2.05) is 0 Å². The van der Waals surface area contributed by atoms with Crippen LogP contribution in [0.3, 0.4) is 0 Å². The maximum atomic E-state index is 10.1. The molecule has 0 unspecified atom stereocenters. The lowest BCUT2D eigenvalue weighted by Crippen LogP contribution is -2.21. The Hall–Kier alpha value is -1.55. The van der Waals surface area contributed by atoms with E-state index in [0.29, 0.717) is 6.54 Å². The van der Waals surface area contributed by atoms with Gasteiger partial charge in [0, 0.05) is 6.54 Å². The molecule has 0 fully saturated rings. The number of hydrogen-bond donors (Lipinski definition) is 3. The molecule has 0 heterocycles. The summed E-state index contributed by atoms with van der Waals surface area (Å²) < 4.78 is 0. The van der Waals surface area contributed by atoms with E-state index < -0.39 is 5.97 Å². The van der Waals surface area contributed by atoms with Gasteiger partial charge in [0.2, 0.25) is 0 Å². The number of benzene rings is 1. The predicted molar refractivity (Wildman–Crippen MR) is 47.4 cm³/mol. The first kappa shape index (κ1) is 9.54. The number of carboxylic acid groups (broad SMARTS) is 1. The number of hydrogen-bond acceptors (Lipinski definition) is 3. The summed E-state index contributed by atoms with van der Waals surface area (Å²) in [5.74, 6) is -0.666. The molecule has 1 rings (SSSR count). The maximum absolute atomic E-state index is 10.1. The quantitative estimate of drug-likeness (QED) is 0.635. The molecule has 1 aromatic carbocycles. The van der Waals surface area contributed by atoms with Crippen LogP contribution in [-0.4, -0.2) is 22.7 Å². The van der Waals surface area contributed by atoms with Gasteiger partial charge in [0.15, 0.2) is 0 Å². The van der Waals surface area contributed by atoms with Crippen molar-refractivity contribution in [3.8, 4) is 5.75 Å². The van der Waals surface area contributed by atoms with E-state index in [2.05, 4.69) is 5.32 Å². The minimum Gasteiger partial charge on any atom is -0.508 e. The Bertz CT molecular complexity index is 281. The normalized spacial score (nSPS) is 9.85. The summed E-state index contributed by atoms with van der Waals surface area (Å²) in [5.41, 5.74) is 0.944. The molecule has 0 aliphatic heterocycles. The third-order valence-corrected chi connectivity index (χ3v) is 1.54. The summed E-state index contributed by atoms with van der Waals surface area (Å²) >= 11 is 0. The Morgan fingerprint density at radius 1 is 1.31 bits per heavy atom. The predicted octanol–water partition coefficient (Wildman–Crippen LogP) is 0.566. The van der Waals surface area contributed by atoms with Crippen molar-refractivity contribution < 1.29 is 15.0 Å². The fourth-order valence-corrected chi connectivity index (χ4v) is 0.928. The van der Waals surface area contributed by atoms with Crippen molar-refractivity contribution in [1.82, 2.24) is 5.32 Å². The first-order valence-electron chi connectivity index (χ1n) is 3.89. The van der Waals surface area contributed by atoms with Crippen molar-refractivity contribution in [3.05, 3.63) is 29.8 Å². The van der Waals surface area contributed by atoms with Crippen LogP contribution >= 0.6 is 0 Å². The third-order valence-electron chi connectivity index (χ3n) is 1.54. The standard InChI is InChI=1S/C9H11NO3/c11-8-3-1-7(2-4-8)5-10-6-9(12)13/h1-4,10-11H,5-6H2,(H,12,13). The number of rotatable bonds is 4. The molecule has 13 heavy (non-hydrogen) atoms. The second kappa shape index (κ2) is 4.47. The molecular weight excluding hydrogens is 170 g/mol. The van der Waals surface area contributed by atoms with Crippen molar-refractivity contribution in [3.63, 3.8) is 0 Å². The van der Waals surface area contributed by atoms with Gasteiger partial charge in [0.25, 0.3) is 0 Å². The molecule has 1 aromatic rings.